The van der Waals surface area contributed by atoms with Crippen molar-refractivity contribution in [2.75, 3.05) is 5.01 Å². The highest BCUT2D eigenvalue weighted by molar-refractivity contribution is 6.42. The number of nitrogens with zero attached hydrogens (tertiary/aromatic N) is 2. The molecule has 1 aliphatic rings. The molecule has 3 aromatic rings. The molecule has 4 rings (SSSR count). The quantitative estimate of drug-likeness (QED) is 0.333. The number of benzene rings is 3. The minimum atomic E-state index is -0.221. The molecule has 8 heteroatoms. The zero-order valence-corrected chi connectivity index (χ0v) is 19.8. The second-order valence-corrected chi connectivity index (χ2v) is 8.68. The minimum absolute atomic E-state index is 0.215. The molecule has 0 bridgehead atoms. The summed E-state index contributed by atoms with van der Waals surface area (Å²) >= 11 is 24.8. The lowest BCUT2D eigenvalue weighted by molar-refractivity contribution is -0.114. The summed E-state index contributed by atoms with van der Waals surface area (Å²) < 4.78 is 5.81. The summed E-state index contributed by atoms with van der Waals surface area (Å²) in [6.45, 7) is 2.00. The van der Waals surface area contributed by atoms with Crippen LogP contribution >= 0.6 is 46.4 Å². The lowest BCUT2D eigenvalue weighted by Crippen LogP contribution is -2.21. The Balaban J connectivity index is 1.55. The second-order valence-electron chi connectivity index (χ2n) is 7.05. The summed E-state index contributed by atoms with van der Waals surface area (Å²) in [5.74, 6) is 0.122. The van der Waals surface area contributed by atoms with E-state index < -0.39 is 0 Å². The molecule has 1 heterocycles. The monoisotopic (exact) mass is 504 g/mol. The first-order valence-electron chi connectivity index (χ1n) is 9.56. The third-order valence-corrected chi connectivity index (χ3v) is 6.06. The molecular weight excluding hydrogens is 490 g/mol. The number of hydrogen-bond acceptors (Lipinski definition) is 3. The van der Waals surface area contributed by atoms with Crippen LogP contribution in [0.4, 0.5) is 5.69 Å². The number of halogens is 4. The summed E-state index contributed by atoms with van der Waals surface area (Å²) in [6, 6.07) is 17.8. The van der Waals surface area contributed by atoms with Gasteiger partial charge in [-0.15, -0.1) is 0 Å². The summed E-state index contributed by atoms with van der Waals surface area (Å²) in [4.78, 5) is 12.9. The van der Waals surface area contributed by atoms with Gasteiger partial charge >= 0.3 is 0 Å². The van der Waals surface area contributed by atoms with Crippen LogP contribution in [0.15, 0.2) is 71.3 Å². The van der Waals surface area contributed by atoms with Crippen molar-refractivity contribution in [1.29, 1.82) is 0 Å². The summed E-state index contributed by atoms with van der Waals surface area (Å²) in [5, 5.41) is 7.31. The van der Waals surface area contributed by atoms with E-state index in [2.05, 4.69) is 5.10 Å². The largest absolute Gasteiger partial charge is 0.486 e. The van der Waals surface area contributed by atoms with Crippen LogP contribution in [0.25, 0.3) is 6.08 Å². The Kier molecular flexibility index (Phi) is 6.77. The van der Waals surface area contributed by atoms with Crippen LogP contribution in [0.2, 0.25) is 20.1 Å². The molecule has 0 unspecified atom stereocenters. The van der Waals surface area contributed by atoms with Crippen LogP contribution in [-0.2, 0) is 11.4 Å². The van der Waals surface area contributed by atoms with Crippen molar-refractivity contribution >= 4 is 69.8 Å². The van der Waals surface area contributed by atoms with E-state index in [9.17, 15) is 4.79 Å². The number of amides is 1. The van der Waals surface area contributed by atoms with Crippen LogP contribution in [0, 0.1) is 0 Å². The van der Waals surface area contributed by atoms with Crippen LogP contribution < -0.4 is 9.75 Å². The van der Waals surface area contributed by atoms with Gasteiger partial charge in [-0.1, -0.05) is 70.7 Å². The maximum Gasteiger partial charge on any atom is 0.280 e. The first-order valence-corrected chi connectivity index (χ1v) is 11.1. The maximum atomic E-state index is 12.9. The van der Waals surface area contributed by atoms with Gasteiger partial charge in [-0.25, -0.2) is 0 Å². The second kappa shape index (κ2) is 9.55. The molecule has 0 fully saturated rings. The molecule has 0 atom stereocenters. The number of ether oxygens (including phenoxy) is 1. The van der Waals surface area contributed by atoms with E-state index in [1.807, 2.05) is 30.3 Å². The van der Waals surface area contributed by atoms with E-state index in [0.717, 1.165) is 5.56 Å². The smallest absolute Gasteiger partial charge is 0.280 e. The van der Waals surface area contributed by atoms with Gasteiger partial charge in [0.1, 0.15) is 6.61 Å². The van der Waals surface area contributed by atoms with Crippen molar-refractivity contribution in [3.63, 3.8) is 0 Å². The molecule has 0 saturated heterocycles. The Labute approximate surface area is 205 Å². The predicted molar refractivity (Wildman–Crippen MR) is 132 cm³/mol. The Morgan fingerprint density at radius 1 is 0.906 bits per heavy atom. The van der Waals surface area contributed by atoms with E-state index in [0.29, 0.717) is 48.4 Å². The fourth-order valence-corrected chi connectivity index (χ4v) is 4.11. The molecule has 32 heavy (non-hydrogen) atoms. The van der Waals surface area contributed by atoms with Gasteiger partial charge in [0.25, 0.3) is 5.91 Å². The average molecular weight is 506 g/mol. The molecule has 1 aliphatic heterocycles. The first kappa shape index (κ1) is 22.7. The third kappa shape index (κ3) is 4.79. The third-order valence-electron chi connectivity index (χ3n) is 4.76. The molecule has 0 N–H and O–H groups in total. The van der Waals surface area contributed by atoms with E-state index >= 15 is 0 Å². The van der Waals surface area contributed by atoms with Crippen LogP contribution in [0.5, 0.6) is 5.75 Å². The van der Waals surface area contributed by atoms with Crippen LogP contribution in [-0.4, -0.2) is 11.6 Å². The Bertz CT molecular complexity index is 1230. The van der Waals surface area contributed by atoms with Crippen LogP contribution in [0.1, 0.15) is 18.1 Å². The van der Waals surface area contributed by atoms with Gasteiger partial charge in [0.15, 0.2) is 5.75 Å². The average Bonchev–Trinajstić information content (AvgIpc) is 3.04. The van der Waals surface area contributed by atoms with E-state index in [-0.39, 0.29) is 12.5 Å². The van der Waals surface area contributed by atoms with Crippen molar-refractivity contribution in [3.05, 3.63) is 97.5 Å². The van der Waals surface area contributed by atoms with E-state index in [1.54, 1.807) is 43.3 Å². The van der Waals surface area contributed by atoms with E-state index in [4.69, 9.17) is 51.1 Å². The highest BCUT2D eigenvalue weighted by Crippen LogP contribution is 2.36. The van der Waals surface area contributed by atoms with Gasteiger partial charge in [-0.2, -0.15) is 10.1 Å². The van der Waals surface area contributed by atoms with Gasteiger partial charge in [0.05, 0.1) is 37.1 Å². The molecule has 162 valence electrons. The minimum Gasteiger partial charge on any atom is -0.486 e. The molecule has 0 saturated carbocycles. The number of carbonyl (C=O) groups is 1. The van der Waals surface area contributed by atoms with Gasteiger partial charge in [0.2, 0.25) is 0 Å². The lowest BCUT2D eigenvalue weighted by Gasteiger charge is -2.12. The molecular formula is C24H16Cl4N2O2. The summed E-state index contributed by atoms with van der Waals surface area (Å²) in [5.41, 5.74) is 3.25. The standard InChI is InChI=1S/C24H16Cl4N2O2/c1-14-18(24(31)30(29-14)17-5-3-2-4-6-17)9-16-11-21(27)23(22(28)12-16)32-13-15-7-8-19(25)20(26)10-15/h2-12H,13H2,1H3/b18-9+. The fraction of sp³-hybridized carbons (Fsp3) is 0.0833. The Morgan fingerprint density at radius 3 is 2.25 bits per heavy atom. The molecule has 0 spiro atoms. The molecule has 1 amide bonds. The topological polar surface area (TPSA) is 41.9 Å². The van der Waals surface area contributed by atoms with Gasteiger partial charge in [0, 0.05) is 0 Å². The van der Waals surface area contributed by atoms with Gasteiger partial charge < -0.3 is 4.74 Å². The zero-order valence-electron chi connectivity index (χ0n) is 16.8. The van der Waals surface area contributed by atoms with Crippen molar-refractivity contribution in [1.82, 2.24) is 0 Å². The molecule has 4 nitrogen and oxygen atoms in total. The number of rotatable bonds is 5. The summed E-state index contributed by atoms with van der Waals surface area (Å²) in [6.07, 6.45) is 1.71. The van der Waals surface area contributed by atoms with Crippen molar-refractivity contribution in [2.45, 2.75) is 13.5 Å². The SMILES string of the molecule is CC1=NN(c2ccccc2)C(=O)/C1=C/c1cc(Cl)c(OCc2ccc(Cl)c(Cl)c2)c(Cl)c1. The number of hydrogen-bond donors (Lipinski definition) is 0. The normalized spacial score (nSPS) is 14.8. The Hall–Kier alpha value is -2.50. The first-order chi connectivity index (χ1) is 15.3. The molecule has 0 aliphatic carbocycles. The number of para-hydroxylation sites is 1. The predicted octanol–water partition coefficient (Wildman–Crippen LogP) is 7.69. The zero-order chi connectivity index (χ0) is 22.8. The molecule has 0 radical (unpaired) electrons. The Morgan fingerprint density at radius 2 is 1.59 bits per heavy atom. The number of hydrazone groups is 1. The van der Waals surface area contributed by atoms with Gasteiger partial charge in [-0.3, -0.25) is 4.79 Å². The van der Waals surface area contributed by atoms with Crippen molar-refractivity contribution < 1.29 is 9.53 Å². The lowest BCUT2D eigenvalue weighted by atomic mass is 10.1. The van der Waals surface area contributed by atoms with Gasteiger partial charge in [-0.05, 0) is 60.5 Å². The van der Waals surface area contributed by atoms with Crippen LogP contribution in [0.3, 0.4) is 0 Å². The highest BCUT2D eigenvalue weighted by atomic mass is 35.5. The molecule has 3 aromatic carbocycles. The van der Waals surface area contributed by atoms with Crippen molar-refractivity contribution in [3.8, 4) is 5.75 Å². The molecule has 0 aromatic heterocycles. The highest BCUT2D eigenvalue weighted by Gasteiger charge is 2.28. The van der Waals surface area contributed by atoms with E-state index in [1.165, 1.54) is 5.01 Å². The number of carbonyl (C=O) groups excluding carboxylic acids is 1. The number of anilines is 1. The maximum absolute atomic E-state index is 12.9. The summed E-state index contributed by atoms with van der Waals surface area (Å²) in [7, 11) is 0. The fourth-order valence-electron chi connectivity index (χ4n) is 3.18. The van der Waals surface area contributed by atoms with Crippen molar-refractivity contribution in [2.24, 2.45) is 5.10 Å².